The Balaban J connectivity index is 1.97. The van der Waals surface area contributed by atoms with E-state index in [2.05, 4.69) is 15.3 Å². The number of nitrogens with one attached hydrogen (secondary N) is 2. The molecule has 3 aromatic rings. The van der Waals surface area contributed by atoms with Gasteiger partial charge in [0.25, 0.3) is 5.96 Å². The highest BCUT2D eigenvalue weighted by molar-refractivity contribution is 5.92. The van der Waals surface area contributed by atoms with Crippen LogP contribution in [-0.2, 0) is 0 Å². The molecule has 6 heteroatoms. The zero-order valence-corrected chi connectivity index (χ0v) is 11.0. The molecule has 1 aromatic heterocycles. The van der Waals surface area contributed by atoms with E-state index in [0.717, 1.165) is 22.5 Å². The standard InChI is InChI=1S/C15H12FN5/c16-10-5-3-4-9(8-10)13-19-14(17)20-15-18-11-6-1-2-7-12(11)21(13)15/h1-8,13H,(H3,17,18,19,20)/p+1/t13-/m1/s1. The van der Waals surface area contributed by atoms with Gasteiger partial charge in [0.05, 0.1) is 0 Å². The number of aromatic amines is 1. The minimum atomic E-state index is -0.395. The maximum Gasteiger partial charge on any atom is 0.365 e. The number of rotatable bonds is 1. The van der Waals surface area contributed by atoms with E-state index in [-0.39, 0.29) is 5.82 Å². The summed E-state index contributed by atoms with van der Waals surface area (Å²) >= 11 is 0. The molecule has 1 aliphatic heterocycles. The number of nitrogens with two attached hydrogens (primary N) is 1. The molecule has 0 unspecified atom stereocenters. The topological polar surface area (TPSA) is 70.1 Å². The lowest BCUT2D eigenvalue weighted by Crippen LogP contribution is -2.48. The maximum absolute atomic E-state index is 13.5. The third kappa shape index (κ3) is 1.84. The van der Waals surface area contributed by atoms with Crippen LogP contribution in [0.25, 0.3) is 11.0 Å². The molecule has 0 bridgehead atoms. The molecule has 5 nitrogen and oxygen atoms in total. The number of fused-ring (bicyclic) bond motifs is 3. The van der Waals surface area contributed by atoms with Gasteiger partial charge >= 0.3 is 5.95 Å². The molecule has 2 heterocycles. The van der Waals surface area contributed by atoms with E-state index >= 15 is 0 Å². The number of benzene rings is 2. The minimum absolute atomic E-state index is 0.290. The smallest absolute Gasteiger partial charge is 0.357 e. The van der Waals surface area contributed by atoms with Crippen molar-refractivity contribution in [1.29, 1.82) is 0 Å². The first-order valence-electron chi connectivity index (χ1n) is 6.60. The molecule has 0 saturated heterocycles. The second kappa shape index (κ2) is 4.31. The van der Waals surface area contributed by atoms with Crippen LogP contribution in [0.15, 0.2) is 53.5 Å². The predicted octanol–water partition coefficient (Wildman–Crippen LogP) is 1.88. The molecular weight excluding hydrogens is 269 g/mol. The molecule has 4 rings (SSSR count). The largest absolute Gasteiger partial charge is 0.365 e. The molecular formula is C15H13FN5+. The summed E-state index contributed by atoms with van der Waals surface area (Å²) in [6, 6.07) is 14.3. The van der Waals surface area contributed by atoms with Crippen molar-refractivity contribution in [2.24, 2.45) is 10.7 Å². The second-order valence-electron chi connectivity index (χ2n) is 4.93. The average Bonchev–Trinajstić information content (AvgIpc) is 2.84. The molecule has 0 radical (unpaired) electrons. The second-order valence-corrected chi connectivity index (χ2v) is 4.93. The Morgan fingerprint density at radius 2 is 2.00 bits per heavy atom. The lowest BCUT2D eigenvalue weighted by molar-refractivity contribution is -0.674. The fraction of sp³-hybridized carbons (Fsp3) is 0.0667. The van der Waals surface area contributed by atoms with Crippen LogP contribution in [0.3, 0.4) is 0 Å². The Hall–Kier alpha value is -2.89. The summed E-state index contributed by atoms with van der Waals surface area (Å²) in [6.07, 6.45) is -0.395. The minimum Gasteiger partial charge on any atom is -0.357 e. The van der Waals surface area contributed by atoms with Crippen molar-refractivity contribution < 1.29 is 8.96 Å². The van der Waals surface area contributed by atoms with Gasteiger partial charge in [0.1, 0.15) is 16.9 Å². The van der Waals surface area contributed by atoms with Gasteiger partial charge in [-0.15, -0.1) is 0 Å². The quantitative estimate of drug-likeness (QED) is 0.596. The van der Waals surface area contributed by atoms with E-state index in [9.17, 15) is 4.39 Å². The molecule has 0 aliphatic carbocycles. The van der Waals surface area contributed by atoms with E-state index in [1.807, 2.05) is 34.9 Å². The van der Waals surface area contributed by atoms with Crippen LogP contribution in [0, 0.1) is 5.82 Å². The fourth-order valence-corrected chi connectivity index (χ4v) is 2.68. The maximum atomic E-state index is 13.5. The Bertz CT molecular complexity index is 867. The van der Waals surface area contributed by atoms with Crippen LogP contribution in [0.5, 0.6) is 0 Å². The summed E-state index contributed by atoms with van der Waals surface area (Å²) in [5.74, 6) is 0.746. The van der Waals surface area contributed by atoms with Crippen LogP contribution in [0.2, 0.25) is 0 Å². The average molecular weight is 282 g/mol. The number of aromatic nitrogens is 2. The third-order valence-electron chi connectivity index (χ3n) is 3.56. The molecule has 4 N–H and O–H groups in total. The molecule has 104 valence electrons. The number of hydrogen-bond acceptors (Lipinski definition) is 3. The lowest BCUT2D eigenvalue weighted by Gasteiger charge is -2.18. The first kappa shape index (κ1) is 11.9. The van der Waals surface area contributed by atoms with E-state index in [4.69, 9.17) is 5.73 Å². The summed E-state index contributed by atoms with van der Waals surface area (Å²) in [5.41, 5.74) is 8.54. The highest BCUT2D eigenvalue weighted by Gasteiger charge is 2.31. The van der Waals surface area contributed by atoms with Gasteiger partial charge < -0.3 is 5.73 Å². The molecule has 0 saturated carbocycles. The van der Waals surface area contributed by atoms with Crippen molar-refractivity contribution in [3.63, 3.8) is 0 Å². The number of imidazole rings is 1. The molecule has 0 spiro atoms. The van der Waals surface area contributed by atoms with Gasteiger partial charge in [-0.05, 0) is 24.3 Å². The summed E-state index contributed by atoms with van der Waals surface area (Å²) in [6.45, 7) is 0. The third-order valence-corrected chi connectivity index (χ3v) is 3.56. The van der Waals surface area contributed by atoms with E-state index in [0.29, 0.717) is 5.96 Å². The molecule has 2 aromatic carbocycles. The van der Waals surface area contributed by atoms with Gasteiger partial charge in [-0.3, -0.25) is 0 Å². The fourth-order valence-electron chi connectivity index (χ4n) is 2.68. The van der Waals surface area contributed by atoms with Crippen molar-refractivity contribution >= 4 is 22.9 Å². The first-order valence-corrected chi connectivity index (χ1v) is 6.60. The van der Waals surface area contributed by atoms with Crippen LogP contribution >= 0.6 is 0 Å². The summed E-state index contributed by atoms with van der Waals surface area (Å²) in [7, 11) is 0. The number of anilines is 1. The van der Waals surface area contributed by atoms with Crippen LogP contribution in [-0.4, -0.2) is 10.9 Å². The number of H-pyrrole nitrogens is 1. The number of halogens is 1. The van der Waals surface area contributed by atoms with Crippen molar-refractivity contribution in [3.05, 3.63) is 59.9 Å². The van der Waals surface area contributed by atoms with Gasteiger partial charge in [-0.25, -0.2) is 19.3 Å². The summed E-state index contributed by atoms with van der Waals surface area (Å²) < 4.78 is 15.5. The molecule has 0 amide bonds. The van der Waals surface area contributed by atoms with Gasteiger partial charge in [0.15, 0.2) is 0 Å². The Morgan fingerprint density at radius 1 is 1.14 bits per heavy atom. The molecule has 1 atom stereocenters. The van der Waals surface area contributed by atoms with E-state index in [1.54, 1.807) is 6.07 Å². The number of guanidine groups is 1. The number of hydrogen-bond donors (Lipinski definition) is 3. The monoisotopic (exact) mass is 282 g/mol. The molecule has 0 fully saturated rings. The Labute approximate surface area is 119 Å². The first-order chi connectivity index (χ1) is 10.2. The van der Waals surface area contributed by atoms with Gasteiger partial charge in [-0.1, -0.05) is 24.3 Å². The van der Waals surface area contributed by atoms with Crippen molar-refractivity contribution in [2.45, 2.75) is 6.17 Å². The van der Waals surface area contributed by atoms with Gasteiger partial charge in [-0.2, -0.15) is 4.99 Å². The number of nitrogens with zero attached hydrogens (tertiary/aromatic N) is 2. The Kier molecular flexibility index (Phi) is 2.44. The zero-order valence-electron chi connectivity index (χ0n) is 11.0. The van der Waals surface area contributed by atoms with E-state index in [1.165, 1.54) is 12.1 Å². The van der Waals surface area contributed by atoms with Gasteiger partial charge in [0.2, 0.25) is 6.17 Å². The SMILES string of the molecule is NC1=N[C@@H](c2cccc(F)c2)[n+]2c([nH]c3ccccc32)N1. The number of aliphatic imine (C=N–C) groups is 1. The summed E-state index contributed by atoms with van der Waals surface area (Å²) in [4.78, 5) is 7.67. The van der Waals surface area contributed by atoms with Crippen molar-refractivity contribution in [2.75, 3.05) is 5.32 Å². The van der Waals surface area contributed by atoms with E-state index < -0.39 is 6.17 Å². The number of para-hydroxylation sites is 2. The highest BCUT2D eigenvalue weighted by Crippen LogP contribution is 2.24. The molecule has 1 aliphatic rings. The predicted molar refractivity (Wildman–Crippen MR) is 78.3 cm³/mol. The van der Waals surface area contributed by atoms with Crippen molar-refractivity contribution in [1.82, 2.24) is 4.98 Å². The lowest BCUT2D eigenvalue weighted by atomic mass is 10.1. The van der Waals surface area contributed by atoms with Crippen LogP contribution in [0.1, 0.15) is 11.7 Å². The van der Waals surface area contributed by atoms with Crippen LogP contribution < -0.4 is 15.6 Å². The highest BCUT2D eigenvalue weighted by atomic mass is 19.1. The zero-order chi connectivity index (χ0) is 14.4. The summed E-state index contributed by atoms with van der Waals surface area (Å²) in [5, 5.41) is 3.01. The van der Waals surface area contributed by atoms with Crippen LogP contribution in [0.4, 0.5) is 10.3 Å². The molecule has 21 heavy (non-hydrogen) atoms. The van der Waals surface area contributed by atoms with Gasteiger partial charge in [0, 0.05) is 5.56 Å². The Morgan fingerprint density at radius 3 is 2.86 bits per heavy atom. The van der Waals surface area contributed by atoms with Crippen molar-refractivity contribution in [3.8, 4) is 0 Å². The normalized spacial score (nSPS) is 17.2.